The molecule has 2 N–H and O–H groups in total. The Kier molecular flexibility index (Phi) is 3.13. The minimum atomic E-state index is -0.257. The zero-order valence-electron chi connectivity index (χ0n) is 10.7. The van der Waals surface area contributed by atoms with Crippen LogP contribution in [0.2, 0.25) is 0 Å². The van der Waals surface area contributed by atoms with Crippen LogP contribution in [0.3, 0.4) is 0 Å². The maximum atomic E-state index is 13.2. The molecule has 0 bridgehead atoms. The number of hydrogen-bond acceptors (Lipinski definition) is 2. The fourth-order valence-corrected chi connectivity index (χ4v) is 2.37. The molecule has 0 aliphatic heterocycles. The Morgan fingerprint density at radius 2 is 2.24 bits per heavy atom. The molecule has 0 radical (unpaired) electrons. The van der Waals surface area contributed by atoms with Gasteiger partial charge in [0.15, 0.2) is 0 Å². The molecule has 0 aromatic heterocycles. The summed E-state index contributed by atoms with van der Waals surface area (Å²) in [4.78, 5) is 0. The van der Waals surface area contributed by atoms with Crippen molar-refractivity contribution in [2.75, 3.05) is 0 Å². The second-order valence-corrected chi connectivity index (χ2v) is 5.22. The quantitative estimate of drug-likeness (QED) is 0.877. The fourth-order valence-electron chi connectivity index (χ4n) is 2.37. The van der Waals surface area contributed by atoms with Crippen molar-refractivity contribution in [1.82, 2.24) is 0 Å². The minimum absolute atomic E-state index is 0.0127. The van der Waals surface area contributed by atoms with Crippen molar-refractivity contribution in [3.8, 4) is 5.75 Å². The van der Waals surface area contributed by atoms with Gasteiger partial charge in [-0.2, -0.15) is 0 Å². The highest BCUT2D eigenvalue weighted by molar-refractivity contribution is 5.33. The van der Waals surface area contributed by atoms with Gasteiger partial charge in [-0.05, 0) is 25.0 Å². The summed E-state index contributed by atoms with van der Waals surface area (Å²) in [5.41, 5.74) is 7.00. The average molecular weight is 237 g/mol. The van der Waals surface area contributed by atoms with E-state index in [0.29, 0.717) is 5.75 Å². The first kappa shape index (κ1) is 12.4. The topological polar surface area (TPSA) is 35.2 Å². The van der Waals surface area contributed by atoms with E-state index in [1.807, 2.05) is 6.92 Å². The third kappa shape index (κ3) is 2.04. The van der Waals surface area contributed by atoms with Gasteiger partial charge in [0.2, 0.25) is 0 Å². The van der Waals surface area contributed by atoms with E-state index in [1.165, 1.54) is 12.1 Å². The monoisotopic (exact) mass is 237 g/mol. The molecule has 17 heavy (non-hydrogen) atoms. The van der Waals surface area contributed by atoms with Crippen LogP contribution in [0.15, 0.2) is 18.2 Å². The van der Waals surface area contributed by atoms with Crippen molar-refractivity contribution in [1.29, 1.82) is 0 Å². The predicted molar refractivity (Wildman–Crippen MR) is 66.5 cm³/mol. The Bertz CT molecular complexity index is 421. The number of benzene rings is 1. The number of rotatable bonds is 3. The lowest BCUT2D eigenvalue weighted by molar-refractivity contribution is -0.0564. The van der Waals surface area contributed by atoms with Crippen LogP contribution in [0.5, 0.6) is 5.75 Å². The number of hydrogen-bond donors (Lipinski definition) is 1. The summed E-state index contributed by atoms with van der Waals surface area (Å²) in [5, 5.41) is 0. The summed E-state index contributed by atoms with van der Waals surface area (Å²) in [6.07, 6.45) is 1.93. The van der Waals surface area contributed by atoms with Gasteiger partial charge in [0.1, 0.15) is 17.7 Å². The molecule has 3 unspecified atom stereocenters. The number of aryl methyl sites for hydroxylation is 1. The second kappa shape index (κ2) is 4.30. The molecule has 3 atom stereocenters. The molecule has 3 heteroatoms. The van der Waals surface area contributed by atoms with Crippen LogP contribution in [0.4, 0.5) is 4.39 Å². The van der Waals surface area contributed by atoms with Gasteiger partial charge in [-0.25, -0.2) is 4.39 Å². The zero-order chi connectivity index (χ0) is 12.6. The first-order chi connectivity index (χ1) is 7.97. The van der Waals surface area contributed by atoms with Crippen molar-refractivity contribution in [2.45, 2.75) is 45.8 Å². The third-order valence-electron chi connectivity index (χ3n) is 4.23. The Morgan fingerprint density at radius 3 is 2.82 bits per heavy atom. The standard InChI is InChI=1S/C14H20FNO/c1-4-14(3)12(16)8-13(14)17-11-7-10(15)6-5-9(11)2/h5-7,12-13H,4,8,16H2,1-3H3. The lowest BCUT2D eigenvalue weighted by Crippen LogP contribution is -2.61. The Labute approximate surface area is 102 Å². The zero-order valence-corrected chi connectivity index (χ0v) is 10.7. The Balaban J connectivity index is 2.14. The highest BCUT2D eigenvalue weighted by Gasteiger charge is 2.50. The lowest BCUT2D eigenvalue weighted by atomic mass is 9.62. The molecule has 1 aromatic carbocycles. The molecule has 2 nitrogen and oxygen atoms in total. The van der Waals surface area contributed by atoms with Crippen LogP contribution >= 0.6 is 0 Å². The summed E-state index contributed by atoms with van der Waals surface area (Å²) in [6, 6.07) is 4.83. The maximum absolute atomic E-state index is 13.2. The van der Waals surface area contributed by atoms with Gasteiger partial charge in [-0.3, -0.25) is 0 Å². The van der Waals surface area contributed by atoms with Gasteiger partial charge in [0, 0.05) is 23.9 Å². The first-order valence-electron chi connectivity index (χ1n) is 6.15. The second-order valence-electron chi connectivity index (χ2n) is 5.22. The minimum Gasteiger partial charge on any atom is -0.489 e. The molecule has 1 aliphatic carbocycles. The lowest BCUT2D eigenvalue weighted by Gasteiger charge is -2.51. The van der Waals surface area contributed by atoms with E-state index in [-0.39, 0.29) is 23.4 Å². The van der Waals surface area contributed by atoms with Crippen molar-refractivity contribution in [2.24, 2.45) is 11.1 Å². The Hall–Kier alpha value is -1.09. The van der Waals surface area contributed by atoms with Gasteiger partial charge < -0.3 is 10.5 Å². The summed E-state index contributed by atoms with van der Waals surface area (Å²) in [6.45, 7) is 6.19. The molecule has 0 saturated heterocycles. The van der Waals surface area contributed by atoms with Crippen molar-refractivity contribution < 1.29 is 9.13 Å². The smallest absolute Gasteiger partial charge is 0.126 e. The highest BCUT2D eigenvalue weighted by atomic mass is 19.1. The molecule has 0 heterocycles. The SMILES string of the molecule is CCC1(C)C(N)CC1Oc1cc(F)ccc1C. The van der Waals surface area contributed by atoms with E-state index in [2.05, 4.69) is 13.8 Å². The largest absolute Gasteiger partial charge is 0.489 e. The number of halogens is 1. The predicted octanol–water partition coefficient (Wildman–Crippen LogP) is 3.03. The van der Waals surface area contributed by atoms with E-state index in [9.17, 15) is 4.39 Å². The van der Waals surface area contributed by atoms with Crippen molar-refractivity contribution >= 4 is 0 Å². The summed E-state index contributed by atoms with van der Waals surface area (Å²) in [5.74, 6) is 0.383. The van der Waals surface area contributed by atoms with Crippen LogP contribution in [-0.2, 0) is 0 Å². The van der Waals surface area contributed by atoms with E-state index in [0.717, 1.165) is 18.4 Å². The van der Waals surface area contributed by atoms with Crippen molar-refractivity contribution in [3.63, 3.8) is 0 Å². The summed E-state index contributed by atoms with van der Waals surface area (Å²) >= 11 is 0. The van der Waals surface area contributed by atoms with Crippen LogP contribution < -0.4 is 10.5 Å². The van der Waals surface area contributed by atoms with Gasteiger partial charge in [0.05, 0.1) is 0 Å². The van der Waals surface area contributed by atoms with Gasteiger partial charge in [-0.15, -0.1) is 0 Å². The van der Waals surface area contributed by atoms with Gasteiger partial charge in [0.25, 0.3) is 0 Å². The molecular weight excluding hydrogens is 217 g/mol. The molecule has 1 aromatic rings. The number of nitrogens with two attached hydrogens (primary N) is 1. The van der Waals surface area contributed by atoms with Gasteiger partial charge in [-0.1, -0.05) is 19.9 Å². The normalized spacial score (nSPS) is 32.1. The van der Waals surface area contributed by atoms with E-state index in [1.54, 1.807) is 6.07 Å². The van der Waals surface area contributed by atoms with Crippen molar-refractivity contribution in [3.05, 3.63) is 29.6 Å². The maximum Gasteiger partial charge on any atom is 0.126 e. The molecule has 0 amide bonds. The molecule has 2 rings (SSSR count). The van der Waals surface area contributed by atoms with Crippen LogP contribution in [-0.4, -0.2) is 12.1 Å². The van der Waals surface area contributed by atoms with Crippen LogP contribution in [0, 0.1) is 18.2 Å². The summed E-state index contributed by atoms with van der Waals surface area (Å²) < 4.78 is 19.1. The fraction of sp³-hybridized carbons (Fsp3) is 0.571. The Morgan fingerprint density at radius 1 is 1.53 bits per heavy atom. The van der Waals surface area contributed by atoms with Crippen LogP contribution in [0.25, 0.3) is 0 Å². The van der Waals surface area contributed by atoms with E-state index in [4.69, 9.17) is 10.5 Å². The van der Waals surface area contributed by atoms with E-state index < -0.39 is 0 Å². The van der Waals surface area contributed by atoms with E-state index >= 15 is 0 Å². The van der Waals surface area contributed by atoms with Crippen LogP contribution in [0.1, 0.15) is 32.3 Å². The molecule has 1 aliphatic rings. The molecule has 94 valence electrons. The summed E-state index contributed by atoms with van der Waals surface area (Å²) in [7, 11) is 0. The first-order valence-corrected chi connectivity index (χ1v) is 6.15. The van der Waals surface area contributed by atoms with Gasteiger partial charge >= 0.3 is 0 Å². The average Bonchev–Trinajstić information content (AvgIpc) is 2.32. The molecule has 0 spiro atoms. The number of ether oxygens (including phenoxy) is 1. The molecular formula is C14H20FNO. The third-order valence-corrected chi connectivity index (χ3v) is 4.23. The molecule has 1 saturated carbocycles. The highest BCUT2D eigenvalue weighted by Crippen LogP contribution is 2.45. The molecule has 1 fully saturated rings.